The van der Waals surface area contributed by atoms with Crippen LogP contribution in [0, 0.1) is 0 Å². The highest BCUT2D eigenvalue weighted by molar-refractivity contribution is 5.91. The zero-order valence-electron chi connectivity index (χ0n) is 25.6. The fourth-order valence-corrected chi connectivity index (χ4v) is 4.32. The molecule has 3 rings (SSSR count). The summed E-state index contributed by atoms with van der Waals surface area (Å²) < 4.78 is 22.1. The standard InChI is InChI=1S/C36H45NO6/c1-4-24-40-33-22-23-34(37-27-33)29-14-20-32(21-15-29)43-36(39)30-16-18-31(19-17-30)41-25-12-10-8-6-5-7-9-11-13-26-42-35(38)28(2)3/h14-23,27H,2,4-13,24-26H2,1,3H3. The van der Waals surface area contributed by atoms with E-state index in [2.05, 4.69) is 18.5 Å². The van der Waals surface area contributed by atoms with Crippen molar-refractivity contribution >= 4 is 11.9 Å². The van der Waals surface area contributed by atoms with Crippen molar-refractivity contribution in [2.75, 3.05) is 19.8 Å². The van der Waals surface area contributed by atoms with Gasteiger partial charge in [-0.25, -0.2) is 9.59 Å². The van der Waals surface area contributed by atoms with Crippen LogP contribution in [0.3, 0.4) is 0 Å². The van der Waals surface area contributed by atoms with Gasteiger partial charge in [0.2, 0.25) is 0 Å². The van der Waals surface area contributed by atoms with Gasteiger partial charge in [0.1, 0.15) is 17.2 Å². The van der Waals surface area contributed by atoms with E-state index in [4.69, 9.17) is 18.9 Å². The first-order valence-corrected chi connectivity index (χ1v) is 15.4. The summed E-state index contributed by atoms with van der Waals surface area (Å²) in [6.07, 6.45) is 12.8. The summed E-state index contributed by atoms with van der Waals surface area (Å²) in [6.45, 7) is 9.11. The van der Waals surface area contributed by atoms with Crippen LogP contribution in [0.15, 0.2) is 79.0 Å². The summed E-state index contributed by atoms with van der Waals surface area (Å²) in [5.41, 5.74) is 2.67. The molecule has 1 heterocycles. The molecule has 0 aliphatic carbocycles. The molecule has 3 aromatic rings. The summed E-state index contributed by atoms with van der Waals surface area (Å²) in [5.74, 6) is 1.25. The Hall–Kier alpha value is -4.13. The summed E-state index contributed by atoms with van der Waals surface area (Å²) in [7, 11) is 0. The Labute approximate surface area is 256 Å². The number of aromatic nitrogens is 1. The van der Waals surface area contributed by atoms with Crippen LogP contribution >= 0.6 is 0 Å². The Morgan fingerprint density at radius 3 is 1.81 bits per heavy atom. The van der Waals surface area contributed by atoms with E-state index in [1.165, 1.54) is 32.1 Å². The van der Waals surface area contributed by atoms with Crippen LogP contribution in [0.1, 0.15) is 88.4 Å². The van der Waals surface area contributed by atoms with E-state index in [1.807, 2.05) is 24.3 Å². The first kappa shape index (κ1) is 33.4. The molecule has 0 amide bonds. The third-order valence-electron chi connectivity index (χ3n) is 6.80. The molecule has 0 aliphatic rings. The Kier molecular flexibility index (Phi) is 14.9. The minimum atomic E-state index is -0.416. The quantitative estimate of drug-likeness (QED) is 0.0565. The van der Waals surface area contributed by atoms with Gasteiger partial charge in [-0.05, 0) is 86.8 Å². The van der Waals surface area contributed by atoms with Gasteiger partial charge in [0.05, 0.1) is 37.3 Å². The van der Waals surface area contributed by atoms with Crippen LogP contribution in [-0.2, 0) is 9.53 Å². The Morgan fingerprint density at radius 2 is 1.23 bits per heavy atom. The lowest BCUT2D eigenvalue weighted by Crippen LogP contribution is -2.08. The number of ether oxygens (including phenoxy) is 4. The maximum absolute atomic E-state index is 12.6. The van der Waals surface area contributed by atoms with Crippen LogP contribution < -0.4 is 14.2 Å². The molecule has 0 unspecified atom stereocenters. The zero-order chi connectivity index (χ0) is 30.7. The second kappa shape index (κ2) is 19.1. The van der Waals surface area contributed by atoms with Gasteiger partial charge in [-0.2, -0.15) is 0 Å². The molecule has 0 bridgehead atoms. The maximum Gasteiger partial charge on any atom is 0.343 e. The molecule has 7 nitrogen and oxygen atoms in total. The number of carbonyl (C=O) groups is 2. The van der Waals surface area contributed by atoms with E-state index >= 15 is 0 Å². The van der Waals surface area contributed by atoms with Crippen molar-refractivity contribution in [3.05, 3.63) is 84.6 Å². The van der Waals surface area contributed by atoms with Crippen molar-refractivity contribution < 1.29 is 28.5 Å². The van der Waals surface area contributed by atoms with Gasteiger partial charge in [0.15, 0.2) is 0 Å². The second-order valence-electron chi connectivity index (χ2n) is 10.6. The zero-order valence-corrected chi connectivity index (χ0v) is 25.6. The molecule has 0 atom stereocenters. The monoisotopic (exact) mass is 587 g/mol. The van der Waals surface area contributed by atoms with Crippen molar-refractivity contribution in [1.29, 1.82) is 0 Å². The normalized spacial score (nSPS) is 10.7. The summed E-state index contributed by atoms with van der Waals surface area (Å²) in [4.78, 5) is 28.4. The van der Waals surface area contributed by atoms with Gasteiger partial charge in [0, 0.05) is 11.1 Å². The number of hydrogen-bond donors (Lipinski definition) is 0. The maximum atomic E-state index is 12.6. The van der Waals surface area contributed by atoms with Crippen LogP contribution in [0.2, 0.25) is 0 Å². The highest BCUT2D eigenvalue weighted by atomic mass is 16.5. The fourth-order valence-electron chi connectivity index (χ4n) is 4.32. The van der Waals surface area contributed by atoms with Gasteiger partial charge < -0.3 is 18.9 Å². The molecular formula is C36H45NO6. The lowest BCUT2D eigenvalue weighted by Gasteiger charge is -2.09. The lowest BCUT2D eigenvalue weighted by atomic mass is 10.1. The Morgan fingerprint density at radius 1 is 0.674 bits per heavy atom. The Balaban J connectivity index is 1.25. The van der Waals surface area contributed by atoms with E-state index in [-0.39, 0.29) is 5.97 Å². The van der Waals surface area contributed by atoms with Crippen LogP contribution in [-0.4, -0.2) is 36.7 Å². The average Bonchev–Trinajstić information content (AvgIpc) is 3.03. The van der Waals surface area contributed by atoms with Gasteiger partial charge in [-0.15, -0.1) is 0 Å². The Bertz CT molecular complexity index is 1250. The van der Waals surface area contributed by atoms with E-state index in [0.29, 0.717) is 36.7 Å². The molecule has 43 heavy (non-hydrogen) atoms. The minimum Gasteiger partial charge on any atom is -0.494 e. The third-order valence-corrected chi connectivity index (χ3v) is 6.80. The minimum absolute atomic E-state index is 0.297. The summed E-state index contributed by atoms with van der Waals surface area (Å²) in [5, 5.41) is 0. The molecule has 0 radical (unpaired) electrons. The van der Waals surface area contributed by atoms with E-state index in [1.54, 1.807) is 49.5 Å². The summed E-state index contributed by atoms with van der Waals surface area (Å²) in [6, 6.07) is 18.2. The van der Waals surface area contributed by atoms with Crippen molar-refractivity contribution in [3.8, 4) is 28.5 Å². The summed E-state index contributed by atoms with van der Waals surface area (Å²) >= 11 is 0. The molecule has 0 saturated carbocycles. The number of unbranched alkanes of at least 4 members (excludes halogenated alkanes) is 8. The number of benzene rings is 2. The number of rotatable bonds is 20. The number of esters is 2. The number of nitrogens with zero attached hydrogens (tertiary/aromatic N) is 1. The van der Waals surface area contributed by atoms with Crippen LogP contribution in [0.4, 0.5) is 0 Å². The largest absolute Gasteiger partial charge is 0.494 e. The molecule has 0 spiro atoms. The van der Waals surface area contributed by atoms with Crippen LogP contribution in [0.25, 0.3) is 11.3 Å². The molecule has 7 heteroatoms. The topological polar surface area (TPSA) is 84.0 Å². The van der Waals surface area contributed by atoms with Gasteiger partial charge in [0.25, 0.3) is 0 Å². The lowest BCUT2D eigenvalue weighted by molar-refractivity contribution is -0.139. The van der Waals surface area contributed by atoms with Crippen molar-refractivity contribution in [2.45, 2.75) is 78.1 Å². The molecule has 1 aromatic heterocycles. The second-order valence-corrected chi connectivity index (χ2v) is 10.6. The predicted molar refractivity (Wildman–Crippen MR) is 170 cm³/mol. The van der Waals surface area contributed by atoms with Gasteiger partial charge in [-0.1, -0.05) is 58.4 Å². The highest BCUT2D eigenvalue weighted by Gasteiger charge is 2.10. The molecule has 0 N–H and O–H groups in total. The van der Waals surface area contributed by atoms with Crippen LogP contribution in [0.5, 0.6) is 17.2 Å². The molecule has 0 aliphatic heterocycles. The first-order chi connectivity index (χ1) is 21.0. The third kappa shape index (κ3) is 12.7. The van der Waals surface area contributed by atoms with E-state index in [0.717, 1.165) is 54.9 Å². The SMILES string of the molecule is C=C(C)C(=O)OCCCCCCCCCCCOc1ccc(C(=O)Oc2ccc(-c3ccc(OCCC)cn3)cc2)cc1. The van der Waals surface area contributed by atoms with E-state index < -0.39 is 5.97 Å². The number of hydrogen-bond acceptors (Lipinski definition) is 7. The van der Waals surface area contributed by atoms with Gasteiger partial charge in [-0.3, -0.25) is 4.98 Å². The van der Waals surface area contributed by atoms with Gasteiger partial charge >= 0.3 is 11.9 Å². The molecular weight excluding hydrogens is 542 g/mol. The number of pyridine rings is 1. The average molecular weight is 588 g/mol. The first-order valence-electron chi connectivity index (χ1n) is 15.4. The fraction of sp³-hybridized carbons (Fsp3) is 0.417. The van der Waals surface area contributed by atoms with Crippen molar-refractivity contribution in [1.82, 2.24) is 4.98 Å². The van der Waals surface area contributed by atoms with Crippen molar-refractivity contribution in [2.24, 2.45) is 0 Å². The molecule has 0 saturated heterocycles. The highest BCUT2D eigenvalue weighted by Crippen LogP contribution is 2.23. The number of carbonyl (C=O) groups excluding carboxylic acids is 2. The smallest absolute Gasteiger partial charge is 0.343 e. The van der Waals surface area contributed by atoms with Crippen molar-refractivity contribution in [3.63, 3.8) is 0 Å². The molecule has 230 valence electrons. The van der Waals surface area contributed by atoms with E-state index in [9.17, 15) is 9.59 Å². The molecule has 0 fully saturated rings. The predicted octanol–water partition coefficient (Wildman–Crippen LogP) is 8.77. The molecule has 2 aromatic carbocycles.